The summed E-state index contributed by atoms with van der Waals surface area (Å²) in [6.45, 7) is 6.74. The van der Waals surface area contributed by atoms with Gasteiger partial charge in [-0.05, 0) is 45.0 Å². The molecule has 2 aliphatic heterocycles. The lowest BCUT2D eigenvalue weighted by atomic mass is 9.75. The second-order valence-electron chi connectivity index (χ2n) is 6.00. The first kappa shape index (κ1) is 15.9. The third kappa shape index (κ3) is 2.22. The molecule has 2 heterocycles. The van der Waals surface area contributed by atoms with Crippen molar-refractivity contribution < 1.29 is 18.0 Å². The van der Waals surface area contributed by atoms with Crippen LogP contribution in [-0.2, 0) is 19.6 Å². The molecule has 23 heavy (non-hydrogen) atoms. The maximum Gasteiger partial charge on any atom is 0.309 e. The largest absolute Gasteiger partial charge is 0.317 e. The highest BCUT2D eigenvalue weighted by atomic mass is 32.2. The number of aryl methyl sites for hydroxylation is 1. The number of amides is 1. The minimum atomic E-state index is -4.12. The maximum atomic E-state index is 12.8. The van der Waals surface area contributed by atoms with E-state index in [1.807, 2.05) is 6.92 Å². The molecule has 2 fully saturated rings. The van der Waals surface area contributed by atoms with Crippen molar-refractivity contribution in [2.75, 3.05) is 13.1 Å². The number of benzene rings is 1. The van der Waals surface area contributed by atoms with Crippen LogP contribution in [0.5, 0.6) is 0 Å². The van der Waals surface area contributed by atoms with Crippen molar-refractivity contribution in [3.63, 3.8) is 0 Å². The predicted molar refractivity (Wildman–Crippen MR) is 83.9 cm³/mol. The van der Waals surface area contributed by atoms with Crippen LogP contribution < -0.4 is 5.32 Å². The summed E-state index contributed by atoms with van der Waals surface area (Å²) in [6.07, 6.45) is 0.770. The number of Topliss-reactive ketones (excluding diaryl/α,β-unsaturated/α-hetero) is 1. The number of carbonyl (C=O) groups excluding carboxylic acids is 2. The van der Waals surface area contributed by atoms with E-state index < -0.39 is 27.1 Å². The van der Waals surface area contributed by atoms with Crippen LogP contribution in [0, 0.1) is 12.3 Å². The zero-order chi connectivity index (χ0) is 16.8. The number of sulfonamides is 1. The Morgan fingerprint density at radius 1 is 1.13 bits per heavy atom. The van der Waals surface area contributed by atoms with E-state index in [1.54, 1.807) is 12.1 Å². The normalized spacial score (nSPS) is 21.3. The predicted octanol–water partition coefficient (Wildman–Crippen LogP) is 0.979. The zero-order valence-corrected chi connectivity index (χ0v) is 13.6. The lowest BCUT2D eigenvalue weighted by Crippen LogP contribution is -2.41. The lowest BCUT2D eigenvalue weighted by molar-refractivity contribution is -0.141. The number of rotatable bonds is 2. The fourth-order valence-corrected chi connectivity index (χ4v) is 4.64. The summed E-state index contributed by atoms with van der Waals surface area (Å²) in [5.74, 6) is -1.67. The van der Waals surface area contributed by atoms with Gasteiger partial charge >= 0.3 is 5.91 Å². The summed E-state index contributed by atoms with van der Waals surface area (Å²) in [4.78, 5) is 24.9. The van der Waals surface area contributed by atoms with Gasteiger partial charge in [0.1, 0.15) is 0 Å². The molecular formula is C16H18N2O4S. The molecule has 2 aliphatic rings. The number of nitrogens with one attached hydrogen (secondary N) is 1. The molecule has 0 radical (unpaired) electrons. The van der Waals surface area contributed by atoms with E-state index in [1.165, 1.54) is 12.1 Å². The summed E-state index contributed by atoms with van der Waals surface area (Å²) in [6, 6.07) is 6.17. The van der Waals surface area contributed by atoms with Gasteiger partial charge in [0.15, 0.2) is 0 Å². The summed E-state index contributed by atoms with van der Waals surface area (Å²) >= 11 is 0. The topological polar surface area (TPSA) is 83.6 Å². The van der Waals surface area contributed by atoms with Gasteiger partial charge in [0.05, 0.1) is 10.3 Å². The molecule has 0 unspecified atom stereocenters. The van der Waals surface area contributed by atoms with Gasteiger partial charge in [0.25, 0.3) is 10.0 Å². The fraction of sp³-hybridized carbons (Fsp3) is 0.375. The number of hydrogen-bond donors (Lipinski definition) is 1. The molecule has 1 spiro atoms. The number of carbonyl (C=O) groups is 2. The van der Waals surface area contributed by atoms with E-state index in [2.05, 4.69) is 11.9 Å². The molecule has 0 bridgehead atoms. The Labute approximate surface area is 135 Å². The highest BCUT2D eigenvalue weighted by molar-refractivity contribution is 7.90. The molecule has 3 rings (SSSR count). The third-order valence-corrected chi connectivity index (χ3v) is 6.36. The van der Waals surface area contributed by atoms with Crippen molar-refractivity contribution in [2.24, 2.45) is 5.41 Å². The van der Waals surface area contributed by atoms with Crippen LogP contribution in [0.15, 0.2) is 41.4 Å². The van der Waals surface area contributed by atoms with Gasteiger partial charge in [0.2, 0.25) is 5.78 Å². The number of ketones is 1. The first-order valence-corrected chi connectivity index (χ1v) is 8.85. The number of piperidine rings is 1. The summed E-state index contributed by atoms with van der Waals surface area (Å²) in [5, 5.41) is 3.11. The molecule has 0 saturated carbocycles. The van der Waals surface area contributed by atoms with Gasteiger partial charge in [-0.3, -0.25) is 9.59 Å². The summed E-state index contributed by atoms with van der Waals surface area (Å²) in [5.41, 5.74) is -0.101. The van der Waals surface area contributed by atoms with Crippen molar-refractivity contribution >= 4 is 21.7 Å². The van der Waals surface area contributed by atoms with E-state index in [0.29, 0.717) is 30.2 Å². The number of allylic oxidation sites excluding steroid dienone is 1. The standard InChI is InChI=1S/C16H18N2O4S/c1-11-3-5-13(6-4-11)23(21,22)18-12(2)16(14(19)15(18)20)7-9-17-10-8-16/h3-6,17H,2,7-10H2,1H3. The van der Waals surface area contributed by atoms with Crippen LogP contribution in [0.4, 0.5) is 0 Å². The Morgan fingerprint density at radius 2 is 1.70 bits per heavy atom. The van der Waals surface area contributed by atoms with Crippen LogP contribution in [0.1, 0.15) is 18.4 Å². The second-order valence-corrected chi connectivity index (χ2v) is 7.78. The van der Waals surface area contributed by atoms with Gasteiger partial charge < -0.3 is 5.32 Å². The highest BCUT2D eigenvalue weighted by Crippen LogP contribution is 2.46. The maximum absolute atomic E-state index is 12.8. The van der Waals surface area contributed by atoms with Gasteiger partial charge in [-0.2, -0.15) is 4.31 Å². The van der Waals surface area contributed by atoms with Crippen LogP contribution in [-0.4, -0.2) is 37.5 Å². The minimum absolute atomic E-state index is 0.0172. The van der Waals surface area contributed by atoms with E-state index >= 15 is 0 Å². The quantitative estimate of drug-likeness (QED) is 0.815. The first-order chi connectivity index (χ1) is 10.8. The lowest BCUT2D eigenvalue weighted by Gasteiger charge is -2.32. The molecule has 1 aromatic carbocycles. The van der Waals surface area contributed by atoms with E-state index in [-0.39, 0.29) is 10.6 Å². The molecule has 1 amide bonds. The van der Waals surface area contributed by atoms with Crippen molar-refractivity contribution in [3.05, 3.63) is 42.1 Å². The number of nitrogens with zero attached hydrogens (tertiary/aromatic N) is 1. The number of hydrogen-bond acceptors (Lipinski definition) is 5. The molecule has 1 aromatic rings. The van der Waals surface area contributed by atoms with Crippen molar-refractivity contribution in [2.45, 2.75) is 24.7 Å². The smallest absolute Gasteiger partial charge is 0.309 e. The minimum Gasteiger partial charge on any atom is -0.317 e. The van der Waals surface area contributed by atoms with Crippen LogP contribution >= 0.6 is 0 Å². The SMILES string of the molecule is C=C1N(S(=O)(=O)c2ccc(C)cc2)C(=O)C(=O)C12CCNCC2. The molecule has 0 atom stereocenters. The first-order valence-electron chi connectivity index (χ1n) is 7.41. The molecule has 7 heteroatoms. The Kier molecular flexibility index (Phi) is 3.65. The van der Waals surface area contributed by atoms with E-state index in [0.717, 1.165) is 5.56 Å². The van der Waals surface area contributed by atoms with E-state index in [9.17, 15) is 18.0 Å². The Morgan fingerprint density at radius 3 is 2.26 bits per heavy atom. The highest BCUT2D eigenvalue weighted by Gasteiger charge is 2.58. The van der Waals surface area contributed by atoms with Crippen LogP contribution in [0.2, 0.25) is 0 Å². The molecule has 0 aromatic heterocycles. The zero-order valence-electron chi connectivity index (χ0n) is 12.8. The Bertz CT molecular complexity index is 790. The molecular weight excluding hydrogens is 316 g/mol. The summed E-state index contributed by atoms with van der Waals surface area (Å²) < 4.78 is 26.2. The summed E-state index contributed by atoms with van der Waals surface area (Å²) in [7, 11) is -4.12. The monoisotopic (exact) mass is 334 g/mol. The van der Waals surface area contributed by atoms with Crippen molar-refractivity contribution in [3.8, 4) is 0 Å². The average Bonchev–Trinajstić information content (AvgIpc) is 2.71. The van der Waals surface area contributed by atoms with E-state index in [4.69, 9.17) is 0 Å². The Hall–Kier alpha value is -1.99. The average molecular weight is 334 g/mol. The molecule has 0 aliphatic carbocycles. The molecule has 122 valence electrons. The molecule has 1 N–H and O–H groups in total. The van der Waals surface area contributed by atoms with Gasteiger partial charge in [-0.1, -0.05) is 24.3 Å². The Balaban J connectivity index is 2.06. The van der Waals surface area contributed by atoms with Gasteiger partial charge in [0, 0.05) is 5.70 Å². The van der Waals surface area contributed by atoms with Crippen molar-refractivity contribution in [1.82, 2.24) is 9.62 Å². The van der Waals surface area contributed by atoms with Crippen LogP contribution in [0.3, 0.4) is 0 Å². The molecule has 6 nitrogen and oxygen atoms in total. The van der Waals surface area contributed by atoms with Crippen LogP contribution in [0.25, 0.3) is 0 Å². The second kappa shape index (κ2) is 5.28. The third-order valence-electron chi connectivity index (χ3n) is 4.63. The van der Waals surface area contributed by atoms with Gasteiger partial charge in [-0.25, -0.2) is 8.42 Å². The molecule has 2 saturated heterocycles. The fourth-order valence-electron chi connectivity index (χ4n) is 3.18. The van der Waals surface area contributed by atoms with Gasteiger partial charge in [-0.15, -0.1) is 0 Å². The van der Waals surface area contributed by atoms with Crippen molar-refractivity contribution in [1.29, 1.82) is 0 Å².